The molecule has 2 aromatic carbocycles. The third-order valence-electron chi connectivity index (χ3n) is 9.52. The molecule has 2 aromatic rings. The molecule has 1 heterocycles. The van der Waals surface area contributed by atoms with E-state index in [2.05, 4.69) is 28.8 Å². The fourth-order valence-corrected chi connectivity index (χ4v) is 8.18. The van der Waals surface area contributed by atoms with Crippen molar-refractivity contribution < 1.29 is 27.8 Å². The molecule has 1 fully saturated rings. The van der Waals surface area contributed by atoms with Gasteiger partial charge in [0.05, 0.1) is 29.4 Å². The van der Waals surface area contributed by atoms with Crippen molar-refractivity contribution in [2.24, 2.45) is 11.8 Å². The summed E-state index contributed by atoms with van der Waals surface area (Å²) in [4.78, 5) is 15.2. The number of hydrogen-bond acceptors (Lipinski definition) is 7. The van der Waals surface area contributed by atoms with Crippen molar-refractivity contribution in [3.63, 3.8) is 0 Å². The number of sulfonamides is 1. The molecule has 0 radical (unpaired) electrons. The van der Waals surface area contributed by atoms with Crippen LogP contribution in [0.2, 0.25) is 5.02 Å². The molecule has 5 rings (SSSR count). The van der Waals surface area contributed by atoms with Crippen LogP contribution in [0, 0.1) is 11.8 Å². The predicted octanol–water partition coefficient (Wildman–Crippen LogP) is 5.56. The van der Waals surface area contributed by atoms with Crippen LogP contribution in [-0.4, -0.2) is 56.9 Å². The van der Waals surface area contributed by atoms with Crippen molar-refractivity contribution in [3.05, 3.63) is 77.9 Å². The fourth-order valence-electron chi connectivity index (χ4n) is 6.86. The van der Waals surface area contributed by atoms with Crippen molar-refractivity contribution in [1.82, 2.24) is 4.72 Å². The van der Waals surface area contributed by atoms with Gasteiger partial charge in [0.2, 0.25) is 0 Å². The first-order chi connectivity index (χ1) is 20.8. The summed E-state index contributed by atoms with van der Waals surface area (Å²) in [5.41, 5.74) is 1.33. The van der Waals surface area contributed by atoms with Gasteiger partial charge in [-0.25, -0.2) is 13.1 Å². The Morgan fingerprint density at radius 2 is 2.02 bits per heavy atom. The number of nitrogens with one attached hydrogen (secondary N) is 1. The second-order valence-electron chi connectivity index (χ2n) is 13.0. The molecule has 44 heavy (non-hydrogen) atoms. The molecule has 1 aliphatic heterocycles. The molecule has 10 heteroatoms. The fraction of sp³-hybridized carbons (Fsp3) is 0.500. The molecule has 0 saturated heterocycles. The molecule has 2 N–H and O–H groups in total. The van der Waals surface area contributed by atoms with Gasteiger partial charge < -0.3 is 19.5 Å². The summed E-state index contributed by atoms with van der Waals surface area (Å²) in [6, 6.07) is 10.8. The van der Waals surface area contributed by atoms with E-state index in [-0.39, 0.29) is 22.1 Å². The van der Waals surface area contributed by atoms with E-state index in [0.717, 1.165) is 32.1 Å². The maximum Gasteiger partial charge on any atom is 0.265 e. The van der Waals surface area contributed by atoms with Crippen molar-refractivity contribution >= 4 is 33.2 Å². The van der Waals surface area contributed by atoms with Gasteiger partial charge >= 0.3 is 0 Å². The van der Waals surface area contributed by atoms with Gasteiger partial charge in [-0.15, -0.1) is 13.2 Å². The summed E-state index contributed by atoms with van der Waals surface area (Å²) in [7, 11) is -4.24. The summed E-state index contributed by atoms with van der Waals surface area (Å²) in [6.45, 7) is 13.9. The van der Waals surface area contributed by atoms with Crippen LogP contribution in [0.4, 0.5) is 5.69 Å². The van der Waals surface area contributed by atoms with Gasteiger partial charge in [-0.05, 0) is 106 Å². The number of fused-ring (bicyclic) bond motifs is 3. The van der Waals surface area contributed by atoms with E-state index in [9.17, 15) is 18.3 Å². The maximum atomic E-state index is 13.6. The molecule has 1 spiro atoms. The highest BCUT2D eigenvalue weighted by atomic mass is 35.5. The molecular formula is C34H43ClN2O6S. The molecule has 8 nitrogen and oxygen atoms in total. The zero-order valence-electron chi connectivity index (χ0n) is 25.7. The van der Waals surface area contributed by atoms with E-state index < -0.39 is 33.7 Å². The predicted molar refractivity (Wildman–Crippen MR) is 173 cm³/mol. The minimum absolute atomic E-state index is 0.0474. The molecule has 0 aromatic heterocycles. The lowest BCUT2D eigenvalue weighted by Crippen LogP contribution is -2.49. The molecule has 238 valence electrons. The smallest absolute Gasteiger partial charge is 0.265 e. The highest BCUT2D eigenvalue weighted by Crippen LogP contribution is 2.47. The van der Waals surface area contributed by atoms with Gasteiger partial charge in [-0.3, -0.25) is 4.79 Å². The van der Waals surface area contributed by atoms with Crippen molar-refractivity contribution in [1.29, 1.82) is 0 Å². The van der Waals surface area contributed by atoms with Crippen LogP contribution in [0.1, 0.15) is 57.6 Å². The third-order valence-corrected chi connectivity index (χ3v) is 11.1. The number of halogens is 1. The number of benzene rings is 2. The molecule has 1 amide bonds. The maximum absolute atomic E-state index is 13.6. The standard InChI is InChI=1S/C34H43ClN2O6S/c1-6-22(3)43-33(4,5)32(39)36-44(40,41)26-12-15-31-29(18-26)37(19-24-10-13-27(24)30(38)7-2)20-34(21-42-31)16-8-9-23-17-25(35)11-14-28(23)34/h6-7,11-12,14-15,17-18,22,24,27,30,38H,1-2,8-10,13,16,19-21H2,3-5H3,(H,36,39)/t22?,24-,27+,30?,34-/m0/s1. The van der Waals surface area contributed by atoms with Crippen molar-refractivity contribution in [3.8, 4) is 5.75 Å². The van der Waals surface area contributed by atoms with Gasteiger partial charge in [-0.2, -0.15) is 0 Å². The average Bonchev–Trinajstić information content (AvgIpc) is 3.11. The van der Waals surface area contributed by atoms with Gasteiger partial charge in [0.15, 0.2) is 0 Å². The molecule has 3 aliphatic rings. The second-order valence-corrected chi connectivity index (χ2v) is 15.1. The largest absolute Gasteiger partial charge is 0.490 e. The zero-order valence-corrected chi connectivity index (χ0v) is 27.3. The van der Waals surface area contributed by atoms with Crippen molar-refractivity contribution in [2.45, 2.75) is 81.0 Å². The quantitative estimate of drug-likeness (QED) is 0.327. The Morgan fingerprint density at radius 1 is 1.25 bits per heavy atom. The third kappa shape index (κ3) is 6.43. The average molecular weight is 643 g/mol. The van der Waals surface area contributed by atoms with Crippen LogP contribution >= 0.6 is 11.6 Å². The van der Waals surface area contributed by atoms with Crippen LogP contribution in [0.3, 0.4) is 0 Å². The highest BCUT2D eigenvalue weighted by Gasteiger charge is 2.44. The Labute approximate surface area is 266 Å². The molecule has 5 atom stereocenters. The summed E-state index contributed by atoms with van der Waals surface area (Å²) in [6.07, 6.45) is 6.78. The van der Waals surface area contributed by atoms with E-state index in [4.69, 9.17) is 21.1 Å². The summed E-state index contributed by atoms with van der Waals surface area (Å²) >= 11 is 6.38. The number of carbonyl (C=O) groups excluding carboxylic acids is 1. The van der Waals surface area contributed by atoms with E-state index in [0.29, 0.717) is 36.2 Å². The van der Waals surface area contributed by atoms with E-state index >= 15 is 0 Å². The lowest BCUT2D eigenvalue weighted by atomic mass is 9.68. The van der Waals surface area contributed by atoms with Crippen LogP contribution in [0.25, 0.3) is 0 Å². The Bertz CT molecular complexity index is 1540. The summed E-state index contributed by atoms with van der Waals surface area (Å²) < 4.78 is 41.5. The topological polar surface area (TPSA) is 105 Å². The number of amides is 1. The molecule has 2 unspecified atom stereocenters. The van der Waals surface area contributed by atoms with E-state index in [1.807, 2.05) is 12.1 Å². The number of aliphatic hydroxyl groups is 1. The lowest BCUT2D eigenvalue weighted by molar-refractivity contribution is -0.143. The van der Waals surface area contributed by atoms with Crippen LogP contribution < -0.4 is 14.4 Å². The minimum atomic E-state index is -4.24. The molecule has 0 bridgehead atoms. The highest BCUT2D eigenvalue weighted by molar-refractivity contribution is 7.90. The van der Waals surface area contributed by atoms with E-state index in [1.54, 1.807) is 25.1 Å². The van der Waals surface area contributed by atoms with Crippen LogP contribution in [0.5, 0.6) is 5.75 Å². The van der Waals surface area contributed by atoms with Crippen LogP contribution in [0.15, 0.2) is 66.6 Å². The Balaban J connectivity index is 1.50. The molecule has 2 aliphatic carbocycles. The number of aryl methyl sites for hydroxylation is 1. The van der Waals surface area contributed by atoms with E-state index in [1.165, 1.54) is 37.1 Å². The lowest BCUT2D eigenvalue weighted by Gasteiger charge is -2.45. The zero-order chi connectivity index (χ0) is 31.9. The normalized spacial score (nSPS) is 24.5. The molecule has 1 saturated carbocycles. The SMILES string of the molecule is C=CC(C)OC(C)(C)C(=O)NS(=O)(=O)c1ccc2c(c1)N(C[C@@H]1CC[C@H]1C(O)C=C)C[C@@]1(CCCc3cc(Cl)ccc31)CO2. The number of aliphatic hydroxyl groups excluding tert-OH is 1. The molecular weight excluding hydrogens is 600 g/mol. The first-order valence-electron chi connectivity index (χ1n) is 15.3. The number of carbonyl (C=O) groups is 1. The Morgan fingerprint density at radius 3 is 2.70 bits per heavy atom. The van der Waals surface area contributed by atoms with Crippen molar-refractivity contribution in [2.75, 3.05) is 24.6 Å². The number of hydrogen-bond donors (Lipinski definition) is 2. The second kappa shape index (κ2) is 12.5. The number of rotatable bonds is 10. The first-order valence-corrected chi connectivity index (χ1v) is 17.1. The first kappa shape index (κ1) is 32.5. The Hall–Kier alpha value is -2.85. The number of ether oxygens (including phenoxy) is 2. The minimum Gasteiger partial charge on any atom is -0.490 e. The Kier molecular flexibility index (Phi) is 9.25. The summed E-state index contributed by atoms with van der Waals surface area (Å²) in [5.74, 6) is 0.0854. The monoisotopic (exact) mass is 642 g/mol. The van der Waals surface area contributed by atoms with Gasteiger partial charge in [0.1, 0.15) is 11.4 Å². The number of nitrogens with zero attached hydrogens (tertiary/aromatic N) is 1. The van der Waals surface area contributed by atoms with Gasteiger partial charge in [0, 0.05) is 23.5 Å². The van der Waals surface area contributed by atoms with Gasteiger partial charge in [-0.1, -0.05) is 29.8 Å². The summed E-state index contributed by atoms with van der Waals surface area (Å²) in [5, 5.41) is 11.3. The van der Waals surface area contributed by atoms with Gasteiger partial charge in [0.25, 0.3) is 15.9 Å². The number of anilines is 1. The van der Waals surface area contributed by atoms with Crippen LogP contribution in [-0.2, 0) is 31.4 Å².